The number of hydrogen-bond acceptors (Lipinski definition) is 5. The van der Waals surface area contributed by atoms with Crippen LogP contribution in [0.3, 0.4) is 0 Å². The van der Waals surface area contributed by atoms with Crippen molar-refractivity contribution < 1.29 is 5.11 Å². The third-order valence-corrected chi connectivity index (χ3v) is 3.72. The molecule has 1 aliphatic rings. The lowest BCUT2D eigenvalue weighted by molar-refractivity contribution is -0.00260. The molecule has 2 aromatic rings. The normalized spacial score (nSPS) is 23.9. The molecule has 1 aliphatic heterocycles. The van der Waals surface area contributed by atoms with Crippen molar-refractivity contribution in [1.29, 1.82) is 0 Å². The fourth-order valence-electron chi connectivity index (χ4n) is 2.80. The van der Waals surface area contributed by atoms with E-state index in [0.717, 1.165) is 19.6 Å². The Labute approximate surface area is 124 Å². The quantitative estimate of drug-likeness (QED) is 0.836. The van der Waals surface area contributed by atoms with Crippen LogP contribution in [0, 0.1) is 0 Å². The van der Waals surface area contributed by atoms with E-state index in [0.29, 0.717) is 19.6 Å². The first kappa shape index (κ1) is 14.2. The molecule has 21 heavy (non-hydrogen) atoms. The molecule has 0 saturated carbocycles. The zero-order chi connectivity index (χ0) is 14.5. The minimum Gasteiger partial charge on any atom is -0.385 e. The molecule has 1 unspecified atom stereocenters. The largest absolute Gasteiger partial charge is 0.385 e. The molecule has 0 spiro atoms. The third-order valence-electron chi connectivity index (χ3n) is 3.72. The van der Waals surface area contributed by atoms with Crippen molar-refractivity contribution in [2.24, 2.45) is 0 Å². The van der Waals surface area contributed by atoms with Gasteiger partial charge in [-0.25, -0.2) is 0 Å². The van der Waals surface area contributed by atoms with E-state index in [9.17, 15) is 5.11 Å². The molecule has 3 heterocycles. The second-order valence-corrected chi connectivity index (χ2v) is 5.68. The zero-order valence-corrected chi connectivity index (χ0v) is 12.0. The summed E-state index contributed by atoms with van der Waals surface area (Å²) in [6.45, 7) is 4.29. The van der Waals surface area contributed by atoms with Crippen LogP contribution in [0.2, 0.25) is 0 Å². The fraction of sp³-hybridized carbons (Fsp3) is 0.467. The van der Waals surface area contributed by atoms with Gasteiger partial charge in [0, 0.05) is 57.5 Å². The summed E-state index contributed by atoms with van der Waals surface area (Å²) >= 11 is 0. The standard InChI is InChI=1S/C15H21N5O/c21-15(13-20-7-2-5-18-20)11-17-6-8-19(12-15)10-14-3-1-4-16-9-14/h1-5,7,9,17,21H,6,8,10-13H2. The van der Waals surface area contributed by atoms with Crippen LogP contribution in [-0.2, 0) is 13.1 Å². The predicted molar refractivity (Wildman–Crippen MR) is 79.6 cm³/mol. The first-order valence-electron chi connectivity index (χ1n) is 7.25. The van der Waals surface area contributed by atoms with Crippen molar-refractivity contribution in [3.8, 4) is 0 Å². The first-order valence-corrected chi connectivity index (χ1v) is 7.25. The lowest BCUT2D eigenvalue weighted by Gasteiger charge is -2.31. The molecular formula is C15H21N5O. The Morgan fingerprint density at radius 3 is 3.05 bits per heavy atom. The molecule has 0 aromatic carbocycles. The van der Waals surface area contributed by atoms with E-state index < -0.39 is 5.60 Å². The number of pyridine rings is 1. The summed E-state index contributed by atoms with van der Waals surface area (Å²) in [6, 6.07) is 5.89. The van der Waals surface area contributed by atoms with Crippen LogP contribution in [0.1, 0.15) is 5.56 Å². The Kier molecular flexibility index (Phi) is 4.28. The van der Waals surface area contributed by atoms with E-state index >= 15 is 0 Å². The van der Waals surface area contributed by atoms with Gasteiger partial charge in [0.2, 0.25) is 0 Å². The highest BCUT2D eigenvalue weighted by molar-refractivity contribution is 5.08. The molecule has 1 atom stereocenters. The van der Waals surface area contributed by atoms with Crippen molar-refractivity contribution >= 4 is 0 Å². The van der Waals surface area contributed by atoms with Gasteiger partial charge in [-0.3, -0.25) is 14.6 Å². The van der Waals surface area contributed by atoms with E-state index in [2.05, 4.69) is 26.4 Å². The molecule has 6 nitrogen and oxygen atoms in total. The Bertz CT molecular complexity index is 544. The number of nitrogens with one attached hydrogen (secondary N) is 1. The minimum absolute atomic E-state index is 0.497. The van der Waals surface area contributed by atoms with Gasteiger partial charge in [0.25, 0.3) is 0 Å². The topological polar surface area (TPSA) is 66.2 Å². The van der Waals surface area contributed by atoms with E-state index in [-0.39, 0.29) is 0 Å². The van der Waals surface area contributed by atoms with Gasteiger partial charge >= 0.3 is 0 Å². The second-order valence-electron chi connectivity index (χ2n) is 5.68. The van der Waals surface area contributed by atoms with Gasteiger partial charge in [-0.05, 0) is 17.7 Å². The number of β-amino-alcohol motifs (C(OH)–C–C–N with tert-alkyl or cyclic N) is 1. The molecule has 2 N–H and O–H groups in total. The molecule has 0 amide bonds. The molecule has 3 rings (SSSR count). The number of aromatic nitrogens is 3. The molecule has 0 bridgehead atoms. The van der Waals surface area contributed by atoms with Gasteiger partial charge in [0.05, 0.1) is 6.54 Å². The Morgan fingerprint density at radius 1 is 1.33 bits per heavy atom. The number of rotatable bonds is 4. The lowest BCUT2D eigenvalue weighted by atomic mass is 10.0. The van der Waals surface area contributed by atoms with E-state index in [1.54, 1.807) is 17.1 Å². The summed E-state index contributed by atoms with van der Waals surface area (Å²) in [4.78, 5) is 6.42. The average Bonchev–Trinajstić information content (AvgIpc) is 2.90. The summed E-state index contributed by atoms with van der Waals surface area (Å²) in [5.41, 5.74) is 0.353. The minimum atomic E-state index is -0.815. The molecular weight excluding hydrogens is 266 g/mol. The van der Waals surface area contributed by atoms with Crippen molar-refractivity contribution in [2.45, 2.75) is 18.7 Å². The zero-order valence-electron chi connectivity index (χ0n) is 12.0. The van der Waals surface area contributed by atoms with Gasteiger partial charge in [0.1, 0.15) is 5.60 Å². The SMILES string of the molecule is OC1(Cn2cccn2)CNCCN(Cc2cccnc2)C1. The van der Waals surface area contributed by atoms with Crippen molar-refractivity contribution in [3.05, 3.63) is 48.5 Å². The highest BCUT2D eigenvalue weighted by Gasteiger charge is 2.32. The Hall–Kier alpha value is -1.76. The van der Waals surface area contributed by atoms with Gasteiger partial charge in [-0.2, -0.15) is 5.10 Å². The maximum Gasteiger partial charge on any atom is 0.109 e. The first-order chi connectivity index (χ1) is 10.2. The summed E-state index contributed by atoms with van der Waals surface area (Å²) in [5, 5.41) is 18.4. The van der Waals surface area contributed by atoms with E-state index in [1.165, 1.54) is 5.56 Å². The monoisotopic (exact) mass is 287 g/mol. The van der Waals surface area contributed by atoms with Crippen LogP contribution in [0.15, 0.2) is 43.0 Å². The number of hydrogen-bond donors (Lipinski definition) is 2. The van der Waals surface area contributed by atoms with Gasteiger partial charge in [-0.1, -0.05) is 6.07 Å². The Balaban J connectivity index is 1.68. The lowest BCUT2D eigenvalue weighted by Crippen LogP contribution is -2.49. The summed E-state index contributed by atoms with van der Waals surface area (Å²) in [5.74, 6) is 0. The van der Waals surface area contributed by atoms with Crippen LogP contribution >= 0.6 is 0 Å². The highest BCUT2D eigenvalue weighted by atomic mass is 16.3. The van der Waals surface area contributed by atoms with E-state index in [4.69, 9.17) is 0 Å². The number of nitrogens with zero attached hydrogens (tertiary/aromatic N) is 4. The smallest absolute Gasteiger partial charge is 0.109 e. The Morgan fingerprint density at radius 2 is 2.29 bits per heavy atom. The van der Waals surface area contributed by atoms with Crippen LogP contribution in [0.5, 0.6) is 0 Å². The molecule has 0 aliphatic carbocycles. The summed E-state index contributed by atoms with van der Waals surface area (Å²) in [6.07, 6.45) is 7.28. The average molecular weight is 287 g/mol. The van der Waals surface area contributed by atoms with Crippen LogP contribution in [0.25, 0.3) is 0 Å². The maximum atomic E-state index is 10.9. The third kappa shape index (κ3) is 3.87. The van der Waals surface area contributed by atoms with Crippen molar-refractivity contribution in [3.63, 3.8) is 0 Å². The fourth-order valence-corrected chi connectivity index (χ4v) is 2.80. The van der Waals surface area contributed by atoms with Crippen molar-refractivity contribution in [1.82, 2.24) is 25.0 Å². The summed E-state index contributed by atoms with van der Waals surface area (Å²) < 4.78 is 1.79. The van der Waals surface area contributed by atoms with Crippen LogP contribution < -0.4 is 5.32 Å². The summed E-state index contributed by atoms with van der Waals surface area (Å²) in [7, 11) is 0. The predicted octanol–water partition coefficient (Wildman–Crippen LogP) is 0.115. The van der Waals surface area contributed by atoms with Gasteiger partial charge < -0.3 is 10.4 Å². The van der Waals surface area contributed by atoms with Crippen LogP contribution in [-0.4, -0.2) is 56.6 Å². The highest BCUT2D eigenvalue weighted by Crippen LogP contribution is 2.14. The van der Waals surface area contributed by atoms with Crippen molar-refractivity contribution in [2.75, 3.05) is 26.2 Å². The van der Waals surface area contributed by atoms with E-state index in [1.807, 2.05) is 24.5 Å². The van der Waals surface area contributed by atoms with Gasteiger partial charge in [0.15, 0.2) is 0 Å². The molecule has 2 aromatic heterocycles. The molecule has 0 radical (unpaired) electrons. The molecule has 1 saturated heterocycles. The molecule has 1 fully saturated rings. The molecule has 6 heteroatoms. The van der Waals surface area contributed by atoms with Gasteiger partial charge in [-0.15, -0.1) is 0 Å². The second kappa shape index (κ2) is 6.34. The maximum absolute atomic E-state index is 10.9. The number of aliphatic hydroxyl groups is 1. The molecule has 112 valence electrons. The van der Waals surface area contributed by atoms with Crippen LogP contribution in [0.4, 0.5) is 0 Å².